The van der Waals surface area contributed by atoms with E-state index in [9.17, 15) is 10.2 Å². The van der Waals surface area contributed by atoms with Gasteiger partial charge in [-0.3, -0.25) is 0 Å². The third-order valence-corrected chi connectivity index (χ3v) is 1.46. The van der Waals surface area contributed by atoms with Gasteiger partial charge in [-0.15, -0.1) is 12.2 Å². The van der Waals surface area contributed by atoms with E-state index in [-0.39, 0.29) is 0 Å². The summed E-state index contributed by atoms with van der Waals surface area (Å²) in [7, 11) is 0. The molecule has 0 aliphatic carbocycles. The van der Waals surface area contributed by atoms with Gasteiger partial charge >= 0.3 is 57.5 Å². The summed E-state index contributed by atoms with van der Waals surface area (Å²) in [5.41, 5.74) is 1.32. The van der Waals surface area contributed by atoms with Crippen molar-refractivity contribution in [3.8, 4) is 0 Å². The molecule has 0 bridgehead atoms. The van der Waals surface area contributed by atoms with Gasteiger partial charge in [0, 0.05) is 0 Å². The molecule has 0 saturated carbocycles. The van der Waals surface area contributed by atoms with Crippen molar-refractivity contribution in [3.05, 3.63) is 29.8 Å². The molecule has 0 amide bonds. The van der Waals surface area contributed by atoms with Gasteiger partial charge in [0.2, 0.25) is 0 Å². The molecule has 0 radical (unpaired) electrons. The van der Waals surface area contributed by atoms with E-state index in [1.807, 2.05) is 0 Å². The number of benzene rings is 1. The van der Waals surface area contributed by atoms with Gasteiger partial charge in [-0.1, -0.05) is 27.7 Å². The molecule has 0 aliphatic rings. The SMILES string of the molecule is CC(C)[O-].CC(C)[O-].Cc1cc[c]([Al+2])cc1. The van der Waals surface area contributed by atoms with Gasteiger partial charge in [-0.05, 0) is 0 Å². The van der Waals surface area contributed by atoms with Gasteiger partial charge in [-0.2, -0.15) is 0 Å². The van der Waals surface area contributed by atoms with E-state index in [0.717, 1.165) is 0 Å². The monoisotopic (exact) mass is 236 g/mol. The van der Waals surface area contributed by atoms with Crippen LogP contribution in [0.3, 0.4) is 0 Å². The summed E-state index contributed by atoms with van der Waals surface area (Å²) in [5, 5.41) is 19.1. The summed E-state index contributed by atoms with van der Waals surface area (Å²) in [6.45, 7) is 8.53. The van der Waals surface area contributed by atoms with Crippen LogP contribution in [0, 0.1) is 6.92 Å². The Kier molecular flexibility index (Phi) is 12.6. The molecule has 0 spiro atoms. The van der Waals surface area contributed by atoms with E-state index < -0.39 is 12.2 Å². The normalized spacial score (nSPS) is 9.19. The van der Waals surface area contributed by atoms with Crippen molar-refractivity contribution in [3.63, 3.8) is 0 Å². The minimum atomic E-state index is -0.417. The number of aryl methyl sites for hydroxylation is 1. The van der Waals surface area contributed by atoms with Gasteiger partial charge in [0.05, 0.1) is 0 Å². The van der Waals surface area contributed by atoms with E-state index in [2.05, 4.69) is 47.5 Å². The quantitative estimate of drug-likeness (QED) is 0.608. The van der Waals surface area contributed by atoms with Crippen LogP contribution in [0.2, 0.25) is 0 Å². The standard InChI is InChI=1S/C7H7.2C3H7O.Al/c1-7-5-3-2-4-6-7;2*1-3(2)4;/h3-6H,1H3;2*3H,1-2H3;/q;2*-1;+2. The first-order chi connectivity index (χ1) is 7.25. The third kappa shape index (κ3) is 23.5. The Morgan fingerprint density at radius 3 is 1.31 bits per heavy atom. The van der Waals surface area contributed by atoms with Crippen LogP contribution in [-0.2, 0) is 0 Å². The number of hydrogen-bond donors (Lipinski definition) is 0. The van der Waals surface area contributed by atoms with Crippen LogP contribution in [0.4, 0.5) is 0 Å². The van der Waals surface area contributed by atoms with E-state index in [1.54, 1.807) is 27.7 Å². The second kappa shape index (κ2) is 11.2. The molecule has 3 heteroatoms. The molecule has 0 aromatic heterocycles. The molecule has 0 N–H and O–H groups in total. The zero-order chi connectivity index (χ0) is 13.1. The molecule has 1 rings (SSSR count). The van der Waals surface area contributed by atoms with Crippen molar-refractivity contribution >= 4 is 20.7 Å². The first kappa shape index (κ1) is 18.0. The van der Waals surface area contributed by atoms with Crippen molar-refractivity contribution in [1.29, 1.82) is 0 Å². The van der Waals surface area contributed by atoms with Gasteiger partial charge < -0.3 is 10.2 Å². The van der Waals surface area contributed by atoms with Crippen LogP contribution in [-0.4, -0.2) is 28.5 Å². The Balaban J connectivity index is 0. The molecular formula is C13H21AlO2. The Labute approximate surface area is 108 Å². The summed E-state index contributed by atoms with van der Waals surface area (Å²) in [6.07, 6.45) is -0.833. The summed E-state index contributed by atoms with van der Waals surface area (Å²) in [4.78, 5) is 0. The predicted molar refractivity (Wildman–Crippen MR) is 66.8 cm³/mol. The molecule has 0 saturated heterocycles. The summed E-state index contributed by atoms with van der Waals surface area (Å²) < 4.78 is 1.25. The maximum absolute atomic E-state index is 9.53. The molecule has 0 aliphatic heterocycles. The molecule has 0 heterocycles. The fourth-order valence-corrected chi connectivity index (χ4v) is 0.759. The molecule has 1 aromatic rings. The van der Waals surface area contributed by atoms with Gasteiger partial charge in [0.15, 0.2) is 0 Å². The Morgan fingerprint density at radius 2 is 1.12 bits per heavy atom. The first-order valence-corrected chi connectivity index (χ1v) is 5.97. The van der Waals surface area contributed by atoms with Gasteiger partial charge in [-0.25, -0.2) is 0 Å². The zero-order valence-corrected chi connectivity index (χ0v) is 12.0. The van der Waals surface area contributed by atoms with Crippen LogP contribution in [0.25, 0.3) is 0 Å². The Morgan fingerprint density at radius 1 is 0.875 bits per heavy atom. The van der Waals surface area contributed by atoms with Crippen LogP contribution < -0.4 is 14.6 Å². The van der Waals surface area contributed by atoms with Gasteiger partial charge in [0.1, 0.15) is 0 Å². The van der Waals surface area contributed by atoms with Crippen molar-refractivity contribution in [2.75, 3.05) is 0 Å². The van der Waals surface area contributed by atoms with E-state index in [4.69, 9.17) is 0 Å². The molecule has 2 nitrogen and oxygen atoms in total. The van der Waals surface area contributed by atoms with E-state index in [1.165, 1.54) is 9.99 Å². The van der Waals surface area contributed by atoms with Crippen LogP contribution in [0.1, 0.15) is 33.3 Å². The van der Waals surface area contributed by atoms with Crippen LogP contribution in [0.15, 0.2) is 24.3 Å². The van der Waals surface area contributed by atoms with Gasteiger partial charge in [0.25, 0.3) is 0 Å². The fourth-order valence-electron chi connectivity index (χ4n) is 0.566. The summed E-state index contributed by atoms with van der Waals surface area (Å²) >= 11 is 2.65. The molecular weight excluding hydrogens is 215 g/mol. The number of rotatable bonds is 0. The van der Waals surface area contributed by atoms with Crippen molar-refractivity contribution in [2.45, 2.75) is 46.8 Å². The molecule has 1 aromatic carbocycles. The van der Waals surface area contributed by atoms with E-state index in [0.29, 0.717) is 0 Å². The minimum absolute atomic E-state index is 0.417. The average Bonchev–Trinajstić information content (AvgIpc) is 2.08. The first-order valence-electron chi connectivity index (χ1n) is 5.39. The van der Waals surface area contributed by atoms with Crippen molar-refractivity contribution in [1.82, 2.24) is 0 Å². The van der Waals surface area contributed by atoms with Crippen LogP contribution >= 0.6 is 0 Å². The fraction of sp³-hybridized carbons (Fsp3) is 0.538. The number of hydrogen-bond acceptors (Lipinski definition) is 2. The van der Waals surface area contributed by atoms with Crippen LogP contribution in [0.5, 0.6) is 0 Å². The summed E-state index contributed by atoms with van der Waals surface area (Å²) in [5.74, 6) is 0. The van der Waals surface area contributed by atoms with Crippen molar-refractivity contribution < 1.29 is 10.2 Å². The summed E-state index contributed by atoms with van der Waals surface area (Å²) in [6, 6.07) is 8.37. The Hall–Kier alpha value is -0.328. The topological polar surface area (TPSA) is 46.1 Å². The molecule has 16 heavy (non-hydrogen) atoms. The molecule has 0 fully saturated rings. The second-order valence-electron chi connectivity index (χ2n) is 4.01. The molecule has 88 valence electrons. The third-order valence-electron chi connectivity index (χ3n) is 1.08. The maximum atomic E-state index is 9.53. The van der Waals surface area contributed by atoms with Crippen molar-refractivity contribution in [2.24, 2.45) is 0 Å². The predicted octanol–water partition coefficient (Wildman–Crippen LogP) is 0.299. The second-order valence-corrected chi connectivity index (χ2v) is 4.67. The molecule has 0 atom stereocenters. The molecule has 0 unspecified atom stereocenters. The average molecular weight is 236 g/mol. The van der Waals surface area contributed by atoms with E-state index >= 15 is 0 Å². The Bertz CT molecular complexity index is 210. The zero-order valence-electron chi connectivity index (χ0n) is 10.9.